The Hall–Kier alpha value is -3.35. The maximum atomic E-state index is 13.0. The van der Waals surface area contributed by atoms with E-state index in [2.05, 4.69) is 5.32 Å². The maximum Gasteiger partial charge on any atom is 0.345 e. The number of rotatable bonds is 7. The molecule has 1 amide bonds. The van der Waals surface area contributed by atoms with E-state index in [0.29, 0.717) is 18.8 Å². The summed E-state index contributed by atoms with van der Waals surface area (Å²) in [7, 11) is -3.78. The van der Waals surface area contributed by atoms with Crippen molar-refractivity contribution in [3.63, 3.8) is 0 Å². The van der Waals surface area contributed by atoms with Gasteiger partial charge in [-0.05, 0) is 37.6 Å². The van der Waals surface area contributed by atoms with Crippen molar-refractivity contribution in [2.45, 2.75) is 18.7 Å². The second kappa shape index (κ2) is 10.1. The van der Waals surface area contributed by atoms with E-state index in [9.17, 15) is 28.1 Å². The summed E-state index contributed by atoms with van der Waals surface area (Å²) in [5.41, 5.74) is 0.349. The molecular weight excluding hydrogens is 454 g/mol. The molecule has 0 radical (unpaired) electrons. The first kappa shape index (κ1) is 24.3. The molecule has 3 rings (SSSR count). The number of nitrogens with zero attached hydrogens (tertiary/aromatic N) is 2. The van der Waals surface area contributed by atoms with Gasteiger partial charge in [-0.25, -0.2) is 13.2 Å². The smallest absolute Gasteiger partial charge is 0.345 e. The number of hydrogen-bond acceptors (Lipinski definition) is 8. The highest BCUT2D eigenvalue weighted by atomic mass is 32.2. The lowest BCUT2D eigenvalue weighted by Gasteiger charge is -2.26. The van der Waals surface area contributed by atoms with Crippen molar-refractivity contribution < 1.29 is 32.4 Å². The van der Waals surface area contributed by atoms with Crippen LogP contribution in [0.25, 0.3) is 0 Å². The molecule has 1 fully saturated rings. The van der Waals surface area contributed by atoms with Crippen LogP contribution in [0.2, 0.25) is 0 Å². The number of hydrogen-bond donors (Lipinski definition) is 1. The van der Waals surface area contributed by atoms with Crippen LogP contribution in [0, 0.1) is 24.0 Å². The van der Waals surface area contributed by atoms with Crippen LogP contribution in [0.1, 0.15) is 21.5 Å². The van der Waals surface area contributed by atoms with Gasteiger partial charge in [0.25, 0.3) is 11.6 Å². The number of aryl methyl sites for hydroxylation is 2. The highest BCUT2D eigenvalue weighted by Crippen LogP contribution is 2.25. The number of amides is 1. The normalized spacial score (nSPS) is 14.5. The molecule has 12 heteroatoms. The number of benzene rings is 2. The van der Waals surface area contributed by atoms with Gasteiger partial charge in [-0.15, -0.1) is 0 Å². The van der Waals surface area contributed by atoms with Crippen molar-refractivity contribution in [1.82, 2.24) is 4.31 Å². The van der Waals surface area contributed by atoms with Gasteiger partial charge in [0.1, 0.15) is 5.56 Å². The number of nitro groups is 1. The molecule has 1 heterocycles. The molecule has 33 heavy (non-hydrogen) atoms. The molecule has 11 nitrogen and oxygen atoms in total. The van der Waals surface area contributed by atoms with Gasteiger partial charge in [0.15, 0.2) is 6.61 Å². The topological polar surface area (TPSA) is 145 Å². The van der Waals surface area contributed by atoms with Crippen LogP contribution in [0.5, 0.6) is 0 Å². The number of ether oxygens (including phenoxy) is 2. The third-order valence-corrected chi connectivity index (χ3v) is 7.08. The van der Waals surface area contributed by atoms with E-state index < -0.39 is 33.4 Å². The molecule has 1 aliphatic heterocycles. The highest BCUT2D eigenvalue weighted by molar-refractivity contribution is 7.89. The number of anilines is 1. The summed E-state index contributed by atoms with van der Waals surface area (Å²) < 4.78 is 37.4. The Bertz CT molecular complexity index is 1190. The Morgan fingerprint density at radius 3 is 2.52 bits per heavy atom. The zero-order chi connectivity index (χ0) is 24.2. The van der Waals surface area contributed by atoms with Crippen molar-refractivity contribution in [2.75, 3.05) is 38.2 Å². The van der Waals surface area contributed by atoms with E-state index in [1.165, 1.54) is 41.6 Å². The third-order valence-electron chi connectivity index (χ3n) is 5.03. The van der Waals surface area contributed by atoms with Gasteiger partial charge in [0, 0.05) is 24.3 Å². The lowest BCUT2D eigenvalue weighted by Crippen LogP contribution is -2.40. The molecular formula is C21H23N3O8S. The van der Waals surface area contributed by atoms with Crippen LogP contribution in [0.4, 0.5) is 11.4 Å². The minimum absolute atomic E-state index is 0.0505. The summed E-state index contributed by atoms with van der Waals surface area (Å²) in [5, 5.41) is 13.7. The number of nitrogens with one attached hydrogen (secondary N) is 1. The molecule has 1 N–H and O–H groups in total. The zero-order valence-corrected chi connectivity index (χ0v) is 18.9. The Morgan fingerprint density at radius 2 is 1.85 bits per heavy atom. The van der Waals surface area contributed by atoms with E-state index in [4.69, 9.17) is 9.47 Å². The van der Waals surface area contributed by atoms with Gasteiger partial charge in [0.2, 0.25) is 10.0 Å². The van der Waals surface area contributed by atoms with Gasteiger partial charge >= 0.3 is 5.97 Å². The van der Waals surface area contributed by atoms with E-state index in [1.54, 1.807) is 13.0 Å². The summed E-state index contributed by atoms with van der Waals surface area (Å²) in [6, 6.07) is 8.63. The Morgan fingerprint density at radius 1 is 1.15 bits per heavy atom. The summed E-state index contributed by atoms with van der Waals surface area (Å²) in [5.74, 6) is -1.74. The molecule has 0 aromatic heterocycles. The van der Waals surface area contributed by atoms with E-state index in [0.717, 1.165) is 0 Å². The molecule has 176 valence electrons. The van der Waals surface area contributed by atoms with Crippen molar-refractivity contribution in [3.05, 3.63) is 63.2 Å². The van der Waals surface area contributed by atoms with Crippen molar-refractivity contribution >= 4 is 33.3 Å². The monoisotopic (exact) mass is 477 g/mol. The van der Waals surface area contributed by atoms with Crippen LogP contribution in [0.3, 0.4) is 0 Å². The second-order valence-corrected chi connectivity index (χ2v) is 9.26. The number of carbonyl (C=O) groups excluding carboxylic acids is 2. The van der Waals surface area contributed by atoms with Gasteiger partial charge in [0.05, 0.1) is 23.0 Å². The Kier molecular flexibility index (Phi) is 7.41. The number of sulfonamides is 1. The first-order valence-corrected chi connectivity index (χ1v) is 11.4. The first-order valence-electron chi connectivity index (χ1n) is 10.0. The number of para-hydroxylation sites is 1. The van der Waals surface area contributed by atoms with E-state index in [-0.39, 0.29) is 40.5 Å². The molecule has 0 saturated carbocycles. The number of carbonyl (C=O) groups is 2. The summed E-state index contributed by atoms with van der Waals surface area (Å²) >= 11 is 0. The quantitative estimate of drug-likeness (QED) is 0.362. The Labute approximate surface area is 190 Å². The van der Waals surface area contributed by atoms with Gasteiger partial charge in [-0.1, -0.05) is 18.2 Å². The molecule has 0 bridgehead atoms. The van der Waals surface area contributed by atoms with Crippen molar-refractivity contribution in [1.29, 1.82) is 0 Å². The lowest BCUT2D eigenvalue weighted by atomic mass is 10.1. The average Bonchev–Trinajstić information content (AvgIpc) is 2.78. The minimum atomic E-state index is -3.78. The molecule has 0 unspecified atom stereocenters. The van der Waals surface area contributed by atoms with Crippen LogP contribution < -0.4 is 5.32 Å². The molecule has 1 aliphatic rings. The summed E-state index contributed by atoms with van der Waals surface area (Å²) in [4.78, 5) is 35.2. The van der Waals surface area contributed by atoms with Crippen LogP contribution in [0.15, 0.2) is 41.3 Å². The molecule has 0 aliphatic carbocycles. The number of morpholine rings is 1. The van der Waals surface area contributed by atoms with Crippen LogP contribution >= 0.6 is 0 Å². The minimum Gasteiger partial charge on any atom is -0.452 e. The lowest BCUT2D eigenvalue weighted by molar-refractivity contribution is -0.385. The standard InChI is InChI=1S/C21H23N3O8S/c1-14-6-7-16(12-18(14)33(29,30)23-8-10-31-11-9-23)22-19(25)13-32-21(26)17-5-3-4-15(2)20(17)24(27)28/h3-7,12H,8-11,13H2,1-2H3,(H,22,25). The maximum absolute atomic E-state index is 13.0. The van der Waals surface area contributed by atoms with E-state index >= 15 is 0 Å². The fourth-order valence-corrected chi connectivity index (χ4v) is 5.01. The highest BCUT2D eigenvalue weighted by Gasteiger charge is 2.28. The van der Waals surface area contributed by atoms with E-state index in [1.807, 2.05) is 0 Å². The predicted molar refractivity (Wildman–Crippen MR) is 118 cm³/mol. The fraction of sp³-hybridized carbons (Fsp3) is 0.333. The number of esters is 1. The molecule has 2 aromatic carbocycles. The fourth-order valence-electron chi connectivity index (χ4n) is 3.35. The molecule has 0 atom stereocenters. The van der Waals surface area contributed by atoms with Crippen LogP contribution in [-0.4, -0.2) is 62.4 Å². The van der Waals surface area contributed by atoms with Crippen molar-refractivity contribution in [3.8, 4) is 0 Å². The van der Waals surface area contributed by atoms with Crippen LogP contribution in [-0.2, 0) is 24.3 Å². The van der Waals surface area contributed by atoms with Crippen molar-refractivity contribution in [2.24, 2.45) is 0 Å². The molecule has 2 aromatic rings. The van der Waals surface area contributed by atoms with Gasteiger partial charge in [-0.3, -0.25) is 14.9 Å². The predicted octanol–water partition coefficient (Wildman–Crippen LogP) is 2.03. The second-order valence-electron chi connectivity index (χ2n) is 7.35. The molecule has 0 spiro atoms. The number of nitro benzene ring substituents is 1. The Balaban J connectivity index is 1.69. The van der Waals surface area contributed by atoms with Gasteiger partial charge < -0.3 is 14.8 Å². The first-order chi connectivity index (χ1) is 15.6. The van der Waals surface area contributed by atoms with Gasteiger partial charge in [-0.2, -0.15) is 4.31 Å². The SMILES string of the molecule is Cc1ccc(NC(=O)COC(=O)c2cccc(C)c2[N+](=O)[O-])cc1S(=O)(=O)N1CCOCC1. The summed E-state index contributed by atoms with van der Waals surface area (Å²) in [6.07, 6.45) is 0. The largest absolute Gasteiger partial charge is 0.452 e. The third kappa shape index (κ3) is 5.53. The zero-order valence-electron chi connectivity index (χ0n) is 18.1. The summed E-state index contributed by atoms with van der Waals surface area (Å²) in [6.45, 7) is 3.51. The average molecular weight is 477 g/mol. The molecule has 1 saturated heterocycles.